The Kier molecular flexibility index (Phi) is 5.97. The van der Waals surface area contributed by atoms with E-state index in [1.165, 1.54) is 28.5 Å². The van der Waals surface area contributed by atoms with E-state index in [2.05, 4.69) is 82.4 Å². The SMILES string of the molecule is Cc1cnc(C(=O)NCC2CCc3nc(-c4ccc(-c5ccc(C)c(C)c5)cc4)cn3C2)cn1. The Balaban J connectivity index is 1.24. The lowest BCUT2D eigenvalue weighted by Crippen LogP contribution is -2.34. The highest BCUT2D eigenvalue weighted by Crippen LogP contribution is 2.28. The van der Waals surface area contributed by atoms with Crippen LogP contribution in [-0.4, -0.2) is 32.0 Å². The average Bonchev–Trinajstić information content (AvgIpc) is 3.28. The molecule has 0 aliphatic carbocycles. The predicted octanol–water partition coefficient (Wildman–Crippen LogP) is 4.92. The minimum absolute atomic E-state index is 0.173. The highest BCUT2D eigenvalue weighted by molar-refractivity contribution is 5.91. The zero-order chi connectivity index (χ0) is 23.7. The van der Waals surface area contributed by atoms with Crippen LogP contribution < -0.4 is 5.32 Å². The van der Waals surface area contributed by atoms with Crippen LogP contribution in [0.5, 0.6) is 0 Å². The van der Waals surface area contributed by atoms with Crippen molar-refractivity contribution in [2.24, 2.45) is 5.92 Å². The Morgan fingerprint density at radius 3 is 2.47 bits per heavy atom. The molecule has 3 heterocycles. The number of fused-ring (bicyclic) bond motifs is 1. The van der Waals surface area contributed by atoms with Gasteiger partial charge >= 0.3 is 0 Å². The largest absolute Gasteiger partial charge is 0.350 e. The number of nitrogens with one attached hydrogen (secondary N) is 1. The number of amides is 1. The van der Waals surface area contributed by atoms with Crippen LogP contribution in [0, 0.1) is 26.7 Å². The van der Waals surface area contributed by atoms with Gasteiger partial charge in [0.2, 0.25) is 0 Å². The maximum absolute atomic E-state index is 12.4. The maximum Gasteiger partial charge on any atom is 0.271 e. The van der Waals surface area contributed by atoms with Crippen molar-refractivity contribution in [1.82, 2.24) is 24.8 Å². The first kappa shape index (κ1) is 22.0. The minimum Gasteiger partial charge on any atom is -0.350 e. The first-order chi connectivity index (χ1) is 16.5. The van der Waals surface area contributed by atoms with Gasteiger partial charge in [-0.15, -0.1) is 0 Å². The fourth-order valence-corrected chi connectivity index (χ4v) is 4.41. The van der Waals surface area contributed by atoms with Crippen LogP contribution in [0.3, 0.4) is 0 Å². The van der Waals surface area contributed by atoms with E-state index in [1.807, 2.05) is 6.92 Å². The molecule has 0 spiro atoms. The number of rotatable bonds is 5. The van der Waals surface area contributed by atoms with E-state index in [0.29, 0.717) is 18.2 Å². The van der Waals surface area contributed by atoms with Crippen molar-refractivity contribution in [3.8, 4) is 22.4 Å². The topological polar surface area (TPSA) is 72.7 Å². The predicted molar refractivity (Wildman–Crippen MR) is 133 cm³/mol. The van der Waals surface area contributed by atoms with E-state index in [1.54, 1.807) is 6.20 Å². The number of carbonyl (C=O) groups excluding carboxylic acids is 1. The average molecular weight is 452 g/mol. The number of benzene rings is 2. The summed E-state index contributed by atoms with van der Waals surface area (Å²) in [4.78, 5) is 25.6. The molecular weight excluding hydrogens is 422 g/mol. The number of carbonyl (C=O) groups is 1. The maximum atomic E-state index is 12.4. The molecule has 0 saturated carbocycles. The standard InChI is InChI=1S/C28H29N5O/c1-18-4-6-24(12-19(18)2)22-7-9-23(10-8-22)26-17-33-16-21(5-11-27(33)32-26)14-31-28(34)25-15-29-20(3)13-30-25/h4,6-10,12-13,15,17,21H,5,11,14,16H2,1-3H3,(H,31,34). The molecule has 1 unspecified atom stereocenters. The van der Waals surface area contributed by atoms with E-state index < -0.39 is 0 Å². The second kappa shape index (κ2) is 9.21. The van der Waals surface area contributed by atoms with Gasteiger partial charge in [0.15, 0.2) is 0 Å². The van der Waals surface area contributed by atoms with Crippen molar-refractivity contribution in [2.75, 3.05) is 6.54 Å². The lowest BCUT2D eigenvalue weighted by atomic mass is 9.99. The molecule has 5 rings (SSSR count). The Morgan fingerprint density at radius 2 is 1.74 bits per heavy atom. The summed E-state index contributed by atoms with van der Waals surface area (Å²) in [6, 6.07) is 15.2. The number of aromatic nitrogens is 4. The van der Waals surface area contributed by atoms with Gasteiger partial charge in [-0.1, -0.05) is 42.5 Å². The summed E-state index contributed by atoms with van der Waals surface area (Å²) in [5, 5.41) is 3.01. The van der Waals surface area contributed by atoms with E-state index in [9.17, 15) is 4.79 Å². The van der Waals surface area contributed by atoms with Gasteiger partial charge in [-0.05, 0) is 55.4 Å². The van der Waals surface area contributed by atoms with Crippen molar-refractivity contribution in [3.05, 3.63) is 89.4 Å². The molecule has 2 aromatic carbocycles. The molecule has 1 amide bonds. The van der Waals surface area contributed by atoms with Crippen molar-refractivity contribution < 1.29 is 4.79 Å². The summed E-state index contributed by atoms with van der Waals surface area (Å²) >= 11 is 0. The molecule has 172 valence electrons. The van der Waals surface area contributed by atoms with E-state index in [0.717, 1.165) is 42.2 Å². The quantitative estimate of drug-likeness (QED) is 0.467. The molecule has 1 aliphatic rings. The summed E-state index contributed by atoms with van der Waals surface area (Å²) in [6.07, 6.45) is 7.19. The smallest absolute Gasteiger partial charge is 0.271 e. The van der Waals surface area contributed by atoms with Crippen molar-refractivity contribution in [3.63, 3.8) is 0 Å². The Labute approximate surface area is 200 Å². The first-order valence-electron chi connectivity index (χ1n) is 11.8. The summed E-state index contributed by atoms with van der Waals surface area (Å²) < 4.78 is 2.23. The van der Waals surface area contributed by atoms with Crippen LogP contribution in [0.1, 0.15) is 39.6 Å². The second-order valence-electron chi connectivity index (χ2n) is 9.23. The normalized spacial score (nSPS) is 15.1. The van der Waals surface area contributed by atoms with Gasteiger partial charge in [-0.2, -0.15) is 0 Å². The molecule has 4 aromatic rings. The fourth-order valence-electron chi connectivity index (χ4n) is 4.41. The Morgan fingerprint density at radius 1 is 0.971 bits per heavy atom. The van der Waals surface area contributed by atoms with Crippen LogP contribution >= 0.6 is 0 Å². The third kappa shape index (κ3) is 4.62. The Bertz CT molecular complexity index is 1320. The molecule has 0 saturated heterocycles. The first-order valence-corrected chi connectivity index (χ1v) is 11.8. The van der Waals surface area contributed by atoms with Crippen molar-refractivity contribution in [1.29, 1.82) is 0 Å². The molecule has 1 aliphatic heterocycles. The van der Waals surface area contributed by atoms with Crippen LogP contribution in [-0.2, 0) is 13.0 Å². The van der Waals surface area contributed by atoms with E-state index in [-0.39, 0.29) is 5.91 Å². The zero-order valence-corrected chi connectivity index (χ0v) is 19.9. The molecule has 0 radical (unpaired) electrons. The van der Waals surface area contributed by atoms with Crippen LogP contribution in [0.4, 0.5) is 0 Å². The number of hydrogen-bond donors (Lipinski definition) is 1. The van der Waals surface area contributed by atoms with Gasteiger partial charge in [0.05, 0.1) is 17.6 Å². The third-order valence-corrected chi connectivity index (χ3v) is 6.68. The van der Waals surface area contributed by atoms with Crippen LogP contribution in [0.25, 0.3) is 22.4 Å². The molecule has 6 nitrogen and oxygen atoms in total. The van der Waals surface area contributed by atoms with Gasteiger partial charge in [-0.25, -0.2) is 9.97 Å². The van der Waals surface area contributed by atoms with Crippen molar-refractivity contribution in [2.45, 2.75) is 40.2 Å². The van der Waals surface area contributed by atoms with Gasteiger partial charge < -0.3 is 9.88 Å². The lowest BCUT2D eigenvalue weighted by Gasteiger charge is -2.23. The van der Waals surface area contributed by atoms with Gasteiger partial charge in [0, 0.05) is 37.5 Å². The fraction of sp³-hybridized carbons (Fsp3) is 0.286. The molecule has 6 heteroatoms. The third-order valence-electron chi connectivity index (χ3n) is 6.68. The molecular formula is C28H29N5O. The highest BCUT2D eigenvalue weighted by atomic mass is 16.1. The molecule has 1 atom stereocenters. The summed E-state index contributed by atoms with van der Waals surface area (Å²) in [5.74, 6) is 1.30. The molecule has 1 N–H and O–H groups in total. The Hall–Kier alpha value is -3.80. The molecule has 34 heavy (non-hydrogen) atoms. The van der Waals surface area contributed by atoms with Gasteiger partial charge in [0.25, 0.3) is 5.91 Å². The molecule has 0 bridgehead atoms. The number of aryl methyl sites for hydroxylation is 4. The summed E-state index contributed by atoms with van der Waals surface area (Å²) in [5.41, 5.74) is 8.35. The summed E-state index contributed by atoms with van der Waals surface area (Å²) in [7, 11) is 0. The van der Waals surface area contributed by atoms with E-state index in [4.69, 9.17) is 4.98 Å². The minimum atomic E-state index is -0.173. The lowest BCUT2D eigenvalue weighted by molar-refractivity contribution is 0.0938. The number of imidazole rings is 1. The second-order valence-corrected chi connectivity index (χ2v) is 9.23. The monoisotopic (exact) mass is 451 g/mol. The van der Waals surface area contributed by atoms with Gasteiger partial charge in [-0.3, -0.25) is 9.78 Å². The zero-order valence-electron chi connectivity index (χ0n) is 19.9. The van der Waals surface area contributed by atoms with Gasteiger partial charge in [0.1, 0.15) is 11.5 Å². The van der Waals surface area contributed by atoms with Crippen LogP contribution in [0.2, 0.25) is 0 Å². The highest BCUT2D eigenvalue weighted by Gasteiger charge is 2.22. The molecule has 0 fully saturated rings. The number of hydrogen-bond acceptors (Lipinski definition) is 4. The molecule has 2 aromatic heterocycles. The van der Waals surface area contributed by atoms with Crippen LogP contribution in [0.15, 0.2) is 61.1 Å². The number of nitrogens with zero attached hydrogens (tertiary/aromatic N) is 4. The van der Waals surface area contributed by atoms with Crippen molar-refractivity contribution >= 4 is 5.91 Å². The summed E-state index contributed by atoms with van der Waals surface area (Å²) in [6.45, 7) is 7.61. The van der Waals surface area contributed by atoms with E-state index >= 15 is 0 Å².